The van der Waals surface area contributed by atoms with Gasteiger partial charge in [0.05, 0.1) is 11.9 Å². The van der Waals surface area contributed by atoms with Gasteiger partial charge < -0.3 is 4.90 Å². The SMILES string of the molecule is CCc1ccc(N(CC(=O)N(CC)CC)S(C)(=O)=O)cc1. The van der Waals surface area contributed by atoms with Crippen molar-refractivity contribution in [1.29, 1.82) is 0 Å². The number of hydrogen-bond donors (Lipinski definition) is 0. The van der Waals surface area contributed by atoms with E-state index >= 15 is 0 Å². The summed E-state index contributed by atoms with van der Waals surface area (Å²) in [5.74, 6) is -0.190. The normalized spacial score (nSPS) is 11.2. The predicted molar refractivity (Wildman–Crippen MR) is 85.9 cm³/mol. The first-order valence-corrected chi connectivity index (χ1v) is 9.02. The number of rotatable bonds is 7. The highest BCUT2D eigenvalue weighted by atomic mass is 32.2. The molecule has 0 saturated heterocycles. The number of likely N-dealkylation sites (N-methyl/N-ethyl adjacent to an activating group) is 1. The van der Waals surface area contributed by atoms with Crippen LogP contribution in [0.15, 0.2) is 24.3 Å². The summed E-state index contributed by atoms with van der Waals surface area (Å²) in [7, 11) is -3.50. The lowest BCUT2D eigenvalue weighted by molar-refractivity contribution is -0.129. The van der Waals surface area contributed by atoms with Crippen molar-refractivity contribution in [3.63, 3.8) is 0 Å². The van der Waals surface area contributed by atoms with E-state index < -0.39 is 10.0 Å². The van der Waals surface area contributed by atoms with Crippen LogP contribution in [0, 0.1) is 0 Å². The molecule has 1 amide bonds. The zero-order valence-electron chi connectivity index (χ0n) is 13.2. The fourth-order valence-electron chi connectivity index (χ4n) is 2.10. The molecule has 118 valence electrons. The third-order valence-electron chi connectivity index (χ3n) is 3.43. The molecule has 1 aromatic carbocycles. The molecule has 0 radical (unpaired) electrons. The van der Waals surface area contributed by atoms with Gasteiger partial charge in [-0.3, -0.25) is 9.10 Å². The standard InChI is InChI=1S/C15H24N2O3S/c1-5-13-8-10-14(11-9-13)17(21(4,19)20)12-15(18)16(6-2)7-3/h8-11H,5-7,12H2,1-4H3. The molecule has 5 nitrogen and oxygen atoms in total. The molecule has 0 saturated carbocycles. The average Bonchev–Trinajstić information content (AvgIpc) is 2.45. The third kappa shape index (κ3) is 4.74. The maximum absolute atomic E-state index is 12.2. The number of aryl methyl sites for hydroxylation is 1. The number of hydrogen-bond acceptors (Lipinski definition) is 3. The molecule has 0 spiro atoms. The molecule has 6 heteroatoms. The highest BCUT2D eigenvalue weighted by Gasteiger charge is 2.22. The Kier molecular flexibility index (Phi) is 6.20. The number of benzene rings is 1. The van der Waals surface area contributed by atoms with E-state index in [4.69, 9.17) is 0 Å². The van der Waals surface area contributed by atoms with E-state index in [9.17, 15) is 13.2 Å². The zero-order valence-corrected chi connectivity index (χ0v) is 14.0. The van der Waals surface area contributed by atoms with Crippen LogP contribution in [0.2, 0.25) is 0 Å². The molecule has 0 fully saturated rings. The van der Waals surface area contributed by atoms with Crippen LogP contribution < -0.4 is 4.31 Å². The van der Waals surface area contributed by atoms with Crippen molar-refractivity contribution in [1.82, 2.24) is 4.90 Å². The van der Waals surface area contributed by atoms with Gasteiger partial charge in [0.2, 0.25) is 15.9 Å². The van der Waals surface area contributed by atoms with Crippen molar-refractivity contribution in [2.24, 2.45) is 0 Å². The lowest BCUT2D eigenvalue weighted by Crippen LogP contribution is -2.42. The molecule has 1 aromatic rings. The van der Waals surface area contributed by atoms with E-state index in [1.54, 1.807) is 17.0 Å². The highest BCUT2D eigenvalue weighted by Crippen LogP contribution is 2.18. The lowest BCUT2D eigenvalue weighted by atomic mass is 10.1. The molecule has 0 atom stereocenters. The van der Waals surface area contributed by atoms with Crippen molar-refractivity contribution in [2.75, 3.05) is 30.2 Å². The number of sulfonamides is 1. The summed E-state index contributed by atoms with van der Waals surface area (Å²) in [6.07, 6.45) is 2.01. The van der Waals surface area contributed by atoms with Gasteiger partial charge in [0.25, 0.3) is 0 Å². The van der Waals surface area contributed by atoms with Crippen LogP contribution in [0.1, 0.15) is 26.3 Å². The number of amides is 1. The molecular weight excluding hydrogens is 288 g/mol. The Morgan fingerprint density at radius 3 is 1.95 bits per heavy atom. The van der Waals surface area contributed by atoms with E-state index in [2.05, 4.69) is 0 Å². The van der Waals surface area contributed by atoms with Crippen LogP contribution in [0.5, 0.6) is 0 Å². The zero-order chi connectivity index (χ0) is 16.0. The molecule has 0 aliphatic carbocycles. The van der Waals surface area contributed by atoms with Crippen LogP contribution in [-0.4, -0.2) is 45.1 Å². The van der Waals surface area contributed by atoms with Gasteiger partial charge >= 0.3 is 0 Å². The molecule has 1 rings (SSSR count). The Hall–Kier alpha value is -1.56. The minimum Gasteiger partial charge on any atom is -0.342 e. The Labute approximate surface area is 127 Å². The smallest absolute Gasteiger partial charge is 0.243 e. The Morgan fingerprint density at radius 1 is 1.05 bits per heavy atom. The van der Waals surface area contributed by atoms with Gasteiger partial charge in [0, 0.05) is 13.1 Å². The van der Waals surface area contributed by atoms with Gasteiger partial charge in [0.15, 0.2) is 0 Å². The first kappa shape index (κ1) is 17.5. The van der Waals surface area contributed by atoms with Crippen molar-refractivity contribution in [3.8, 4) is 0 Å². The largest absolute Gasteiger partial charge is 0.342 e. The van der Waals surface area contributed by atoms with Gasteiger partial charge in [-0.1, -0.05) is 19.1 Å². The van der Waals surface area contributed by atoms with Crippen molar-refractivity contribution in [3.05, 3.63) is 29.8 Å². The van der Waals surface area contributed by atoms with Crippen LogP contribution in [-0.2, 0) is 21.2 Å². The number of nitrogens with zero attached hydrogens (tertiary/aromatic N) is 2. The maximum atomic E-state index is 12.2. The number of carbonyl (C=O) groups excluding carboxylic acids is 1. The second-order valence-corrected chi connectivity index (χ2v) is 6.76. The first-order valence-electron chi connectivity index (χ1n) is 7.17. The predicted octanol–water partition coefficient (Wildman–Crippen LogP) is 1.88. The van der Waals surface area contributed by atoms with Gasteiger partial charge in [-0.25, -0.2) is 8.42 Å². The van der Waals surface area contributed by atoms with Crippen molar-refractivity contribution in [2.45, 2.75) is 27.2 Å². The fraction of sp³-hybridized carbons (Fsp3) is 0.533. The summed E-state index contributed by atoms with van der Waals surface area (Å²) < 4.78 is 25.1. The second kappa shape index (κ2) is 7.45. The summed E-state index contributed by atoms with van der Waals surface area (Å²) >= 11 is 0. The monoisotopic (exact) mass is 312 g/mol. The summed E-state index contributed by atoms with van der Waals surface area (Å²) in [5.41, 5.74) is 1.65. The first-order chi connectivity index (χ1) is 9.83. The number of anilines is 1. The van der Waals surface area contributed by atoms with Crippen LogP contribution in [0.25, 0.3) is 0 Å². The van der Waals surface area contributed by atoms with Gasteiger partial charge in [0.1, 0.15) is 6.54 Å². The lowest BCUT2D eigenvalue weighted by Gasteiger charge is -2.26. The molecule has 0 N–H and O–H groups in total. The van der Waals surface area contributed by atoms with Gasteiger partial charge in [-0.05, 0) is 38.0 Å². The summed E-state index contributed by atoms with van der Waals surface area (Å²) in [6, 6.07) is 7.26. The Morgan fingerprint density at radius 2 is 1.57 bits per heavy atom. The van der Waals surface area contributed by atoms with Crippen LogP contribution in [0.3, 0.4) is 0 Å². The molecule has 0 bridgehead atoms. The third-order valence-corrected chi connectivity index (χ3v) is 4.57. The molecule has 0 unspecified atom stereocenters. The van der Waals surface area contributed by atoms with Crippen LogP contribution in [0.4, 0.5) is 5.69 Å². The van der Waals surface area contributed by atoms with E-state index in [-0.39, 0.29) is 12.5 Å². The molecule has 21 heavy (non-hydrogen) atoms. The van der Waals surface area contributed by atoms with Gasteiger partial charge in [-0.15, -0.1) is 0 Å². The van der Waals surface area contributed by atoms with E-state index in [0.717, 1.165) is 22.5 Å². The topological polar surface area (TPSA) is 57.7 Å². The second-order valence-electron chi connectivity index (χ2n) is 4.86. The van der Waals surface area contributed by atoms with Gasteiger partial charge in [-0.2, -0.15) is 0 Å². The van der Waals surface area contributed by atoms with Crippen molar-refractivity contribution >= 4 is 21.6 Å². The molecule has 0 aliphatic rings. The van der Waals surface area contributed by atoms with E-state index in [1.165, 1.54) is 0 Å². The molecule has 0 heterocycles. The number of carbonyl (C=O) groups is 1. The van der Waals surface area contributed by atoms with E-state index in [0.29, 0.717) is 18.8 Å². The maximum Gasteiger partial charge on any atom is 0.243 e. The molecule has 0 aromatic heterocycles. The molecular formula is C15H24N2O3S. The fourth-order valence-corrected chi connectivity index (χ4v) is 2.95. The highest BCUT2D eigenvalue weighted by molar-refractivity contribution is 7.92. The van der Waals surface area contributed by atoms with E-state index in [1.807, 2.05) is 32.9 Å². The summed E-state index contributed by atoms with van der Waals surface area (Å²) in [5, 5.41) is 0. The van der Waals surface area contributed by atoms with Crippen molar-refractivity contribution < 1.29 is 13.2 Å². The molecule has 0 aliphatic heterocycles. The minimum atomic E-state index is -3.50. The minimum absolute atomic E-state index is 0.161. The Balaban J connectivity index is 3.04. The average molecular weight is 312 g/mol. The summed E-state index contributed by atoms with van der Waals surface area (Å²) in [4.78, 5) is 13.8. The van der Waals surface area contributed by atoms with Crippen LogP contribution >= 0.6 is 0 Å². The quantitative estimate of drug-likeness (QED) is 0.772. The Bertz CT molecular complexity index is 563. The summed E-state index contributed by atoms with van der Waals surface area (Å²) in [6.45, 7) is 6.77.